The monoisotopic (exact) mass is 254 g/mol. The van der Waals surface area contributed by atoms with E-state index in [0.29, 0.717) is 12.2 Å². The van der Waals surface area contributed by atoms with Crippen molar-refractivity contribution in [2.24, 2.45) is 7.05 Å². The van der Waals surface area contributed by atoms with Crippen LogP contribution < -0.4 is 5.32 Å². The molecule has 0 saturated heterocycles. The van der Waals surface area contributed by atoms with E-state index in [-0.39, 0.29) is 5.91 Å². The number of fused-ring (bicyclic) bond motifs is 1. The van der Waals surface area contributed by atoms with Crippen molar-refractivity contribution in [3.63, 3.8) is 0 Å². The number of hydrogen-bond donors (Lipinski definition) is 2. The van der Waals surface area contributed by atoms with Crippen LogP contribution in [0.4, 0.5) is 0 Å². The van der Waals surface area contributed by atoms with Crippen molar-refractivity contribution in [3.05, 3.63) is 54.0 Å². The summed E-state index contributed by atoms with van der Waals surface area (Å²) in [7, 11) is 1.95. The van der Waals surface area contributed by atoms with Crippen molar-refractivity contribution in [1.82, 2.24) is 20.1 Å². The van der Waals surface area contributed by atoms with Gasteiger partial charge in [-0.25, -0.2) is 0 Å². The fourth-order valence-corrected chi connectivity index (χ4v) is 2.07. The minimum Gasteiger partial charge on any atom is -0.353 e. The van der Waals surface area contributed by atoms with Crippen molar-refractivity contribution in [1.29, 1.82) is 0 Å². The van der Waals surface area contributed by atoms with Gasteiger partial charge in [-0.3, -0.25) is 9.89 Å². The summed E-state index contributed by atoms with van der Waals surface area (Å²) < 4.78 is 1.98. The normalized spacial score (nSPS) is 10.8. The molecule has 0 spiro atoms. The number of aromatic amines is 1. The number of nitrogens with zero attached hydrogens (tertiary/aromatic N) is 2. The summed E-state index contributed by atoms with van der Waals surface area (Å²) in [6.45, 7) is 0.490. The third-order valence-electron chi connectivity index (χ3n) is 3.17. The van der Waals surface area contributed by atoms with E-state index in [1.54, 1.807) is 0 Å². The molecule has 2 aromatic heterocycles. The zero-order valence-electron chi connectivity index (χ0n) is 10.6. The van der Waals surface area contributed by atoms with Gasteiger partial charge < -0.3 is 9.88 Å². The Balaban J connectivity index is 1.79. The lowest BCUT2D eigenvalue weighted by atomic mass is 10.2. The van der Waals surface area contributed by atoms with Crippen LogP contribution in [0.1, 0.15) is 16.2 Å². The van der Waals surface area contributed by atoms with Crippen molar-refractivity contribution >= 4 is 16.8 Å². The van der Waals surface area contributed by atoms with E-state index in [9.17, 15) is 4.79 Å². The average molecular weight is 254 g/mol. The Bertz CT molecular complexity index is 726. The number of para-hydroxylation sites is 1. The van der Waals surface area contributed by atoms with E-state index in [0.717, 1.165) is 16.6 Å². The molecule has 0 radical (unpaired) electrons. The number of rotatable bonds is 3. The summed E-state index contributed by atoms with van der Waals surface area (Å²) in [6, 6.07) is 11.5. The molecule has 5 heteroatoms. The van der Waals surface area contributed by atoms with Crippen LogP contribution in [0.5, 0.6) is 0 Å². The number of aryl methyl sites for hydroxylation is 1. The van der Waals surface area contributed by atoms with E-state index < -0.39 is 0 Å². The highest BCUT2D eigenvalue weighted by molar-refractivity contribution is 6.04. The second kappa shape index (κ2) is 4.61. The Morgan fingerprint density at radius 3 is 2.95 bits per heavy atom. The molecule has 5 nitrogen and oxygen atoms in total. The van der Waals surface area contributed by atoms with E-state index in [1.165, 1.54) is 0 Å². The quantitative estimate of drug-likeness (QED) is 0.749. The van der Waals surface area contributed by atoms with Gasteiger partial charge in [-0.15, -0.1) is 0 Å². The second-order valence-corrected chi connectivity index (χ2v) is 4.41. The molecule has 2 heterocycles. The highest BCUT2D eigenvalue weighted by Gasteiger charge is 2.13. The van der Waals surface area contributed by atoms with Gasteiger partial charge in [0.25, 0.3) is 5.91 Å². The number of amides is 1. The highest BCUT2D eigenvalue weighted by Crippen LogP contribution is 2.14. The van der Waals surface area contributed by atoms with Crippen molar-refractivity contribution < 1.29 is 4.79 Å². The van der Waals surface area contributed by atoms with Crippen molar-refractivity contribution in [2.75, 3.05) is 0 Å². The van der Waals surface area contributed by atoms with Gasteiger partial charge in [0.15, 0.2) is 5.69 Å². The summed E-state index contributed by atoms with van der Waals surface area (Å²) in [6.07, 6.45) is 1.95. The highest BCUT2D eigenvalue weighted by atomic mass is 16.1. The molecule has 0 atom stereocenters. The van der Waals surface area contributed by atoms with E-state index in [4.69, 9.17) is 0 Å². The first kappa shape index (κ1) is 11.5. The molecule has 1 amide bonds. The fraction of sp³-hybridized carbons (Fsp3) is 0.143. The molecule has 0 saturated carbocycles. The van der Waals surface area contributed by atoms with Gasteiger partial charge in [-0.2, -0.15) is 5.10 Å². The molecule has 0 aliphatic rings. The molecular weight excluding hydrogens is 240 g/mol. The third-order valence-corrected chi connectivity index (χ3v) is 3.17. The Kier molecular flexibility index (Phi) is 2.79. The predicted octanol–water partition coefficient (Wildman–Crippen LogP) is 1.83. The minimum atomic E-state index is -0.168. The van der Waals surface area contributed by atoms with E-state index >= 15 is 0 Å². The molecule has 96 valence electrons. The van der Waals surface area contributed by atoms with Crippen LogP contribution in [0.25, 0.3) is 10.9 Å². The summed E-state index contributed by atoms with van der Waals surface area (Å²) in [5.74, 6) is -0.168. The molecule has 0 fully saturated rings. The molecule has 3 rings (SSSR count). The Morgan fingerprint density at radius 2 is 2.16 bits per heavy atom. The summed E-state index contributed by atoms with van der Waals surface area (Å²) in [5.41, 5.74) is 2.35. The van der Waals surface area contributed by atoms with Gasteiger partial charge in [-0.05, 0) is 18.2 Å². The molecule has 0 bridgehead atoms. The first-order chi connectivity index (χ1) is 9.25. The van der Waals surface area contributed by atoms with Crippen molar-refractivity contribution in [2.45, 2.75) is 6.54 Å². The maximum atomic E-state index is 12.1. The number of benzene rings is 1. The lowest BCUT2D eigenvalue weighted by molar-refractivity contribution is 0.0946. The van der Waals surface area contributed by atoms with E-state index in [1.807, 2.05) is 54.2 Å². The van der Waals surface area contributed by atoms with Gasteiger partial charge in [0.05, 0.1) is 12.1 Å². The number of carbonyl (C=O) groups is 1. The molecule has 0 unspecified atom stereocenters. The smallest absolute Gasteiger partial charge is 0.272 e. The topological polar surface area (TPSA) is 62.7 Å². The van der Waals surface area contributed by atoms with Crippen LogP contribution in [0.15, 0.2) is 42.6 Å². The first-order valence-corrected chi connectivity index (χ1v) is 6.07. The van der Waals surface area contributed by atoms with Gasteiger partial charge >= 0.3 is 0 Å². The number of H-pyrrole nitrogens is 1. The van der Waals surface area contributed by atoms with Crippen LogP contribution in [0.3, 0.4) is 0 Å². The lowest BCUT2D eigenvalue weighted by Gasteiger charge is -2.05. The fourth-order valence-electron chi connectivity index (χ4n) is 2.07. The Morgan fingerprint density at radius 1 is 1.32 bits per heavy atom. The summed E-state index contributed by atoms with van der Waals surface area (Å²) in [4.78, 5) is 12.1. The molecule has 3 aromatic rings. The summed E-state index contributed by atoms with van der Waals surface area (Å²) in [5, 5.41) is 10.6. The minimum absolute atomic E-state index is 0.168. The maximum absolute atomic E-state index is 12.1. The molecular formula is C14H14N4O. The molecule has 0 aliphatic heterocycles. The third kappa shape index (κ3) is 2.10. The number of carbonyl (C=O) groups excluding carboxylic acids is 1. The molecule has 19 heavy (non-hydrogen) atoms. The summed E-state index contributed by atoms with van der Waals surface area (Å²) >= 11 is 0. The molecule has 2 N–H and O–H groups in total. The molecule has 1 aromatic carbocycles. The first-order valence-electron chi connectivity index (χ1n) is 6.07. The largest absolute Gasteiger partial charge is 0.353 e. The lowest BCUT2D eigenvalue weighted by Crippen LogP contribution is -2.24. The van der Waals surface area contributed by atoms with Crippen LogP contribution >= 0.6 is 0 Å². The van der Waals surface area contributed by atoms with E-state index in [2.05, 4.69) is 15.5 Å². The molecule has 0 aliphatic carbocycles. The average Bonchev–Trinajstić information content (AvgIpc) is 3.02. The SMILES string of the molecule is Cn1cccc1CNC(=O)c1n[nH]c2ccccc12. The van der Waals surface area contributed by atoms with Gasteiger partial charge in [0.2, 0.25) is 0 Å². The number of nitrogens with one attached hydrogen (secondary N) is 2. The zero-order chi connectivity index (χ0) is 13.2. The Hall–Kier alpha value is -2.56. The van der Waals surface area contributed by atoms with Gasteiger partial charge in [0, 0.05) is 24.3 Å². The van der Waals surface area contributed by atoms with Crippen molar-refractivity contribution in [3.8, 4) is 0 Å². The number of aromatic nitrogens is 3. The number of hydrogen-bond acceptors (Lipinski definition) is 2. The second-order valence-electron chi connectivity index (χ2n) is 4.41. The van der Waals surface area contributed by atoms with Gasteiger partial charge in [0.1, 0.15) is 0 Å². The standard InChI is InChI=1S/C14H14N4O/c1-18-8-4-5-10(18)9-15-14(19)13-11-6-2-3-7-12(11)16-17-13/h2-8H,9H2,1H3,(H,15,19)(H,16,17). The van der Waals surface area contributed by atoms with Crippen LogP contribution in [-0.4, -0.2) is 20.7 Å². The van der Waals surface area contributed by atoms with Crippen LogP contribution in [-0.2, 0) is 13.6 Å². The van der Waals surface area contributed by atoms with Crippen LogP contribution in [0, 0.1) is 0 Å². The Labute approximate surface area is 110 Å². The van der Waals surface area contributed by atoms with Gasteiger partial charge in [-0.1, -0.05) is 18.2 Å². The zero-order valence-corrected chi connectivity index (χ0v) is 10.6. The predicted molar refractivity (Wildman–Crippen MR) is 72.7 cm³/mol. The van der Waals surface area contributed by atoms with Crippen LogP contribution in [0.2, 0.25) is 0 Å². The maximum Gasteiger partial charge on any atom is 0.272 e.